The van der Waals surface area contributed by atoms with Crippen molar-refractivity contribution in [3.05, 3.63) is 29.6 Å². The van der Waals surface area contributed by atoms with Crippen LogP contribution in [0.2, 0.25) is 0 Å². The fourth-order valence-corrected chi connectivity index (χ4v) is 2.66. The monoisotopic (exact) mass is 251 g/mol. The minimum Gasteiger partial charge on any atom is -0.389 e. The van der Waals surface area contributed by atoms with Gasteiger partial charge in [-0.05, 0) is 43.4 Å². The zero-order chi connectivity index (χ0) is 13.1. The lowest BCUT2D eigenvalue weighted by Gasteiger charge is -2.34. The third-order valence-corrected chi connectivity index (χ3v) is 3.89. The summed E-state index contributed by atoms with van der Waals surface area (Å²) in [6.07, 6.45) is 2.93. The minimum absolute atomic E-state index is 0.217. The van der Waals surface area contributed by atoms with Crippen LogP contribution in [0.25, 0.3) is 0 Å². The second kappa shape index (κ2) is 5.70. The van der Waals surface area contributed by atoms with Gasteiger partial charge >= 0.3 is 0 Å². The van der Waals surface area contributed by atoms with Crippen LogP contribution in [-0.2, 0) is 0 Å². The molecule has 0 radical (unpaired) electrons. The first-order chi connectivity index (χ1) is 8.61. The molecule has 0 saturated carbocycles. The van der Waals surface area contributed by atoms with Crippen LogP contribution in [0.5, 0.6) is 0 Å². The molecule has 3 heteroatoms. The van der Waals surface area contributed by atoms with E-state index in [1.807, 2.05) is 6.07 Å². The number of benzene rings is 1. The van der Waals surface area contributed by atoms with E-state index in [9.17, 15) is 9.50 Å². The second-order valence-electron chi connectivity index (χ2n) is 5.25. The summed E-state index contributed by atoms with van der Waals surface area (Å²) in [7, 11) is 0. The Balaban J connectivity index is 2.17. The molecule has 1 aromatic rings. The van der Waals surface area contributed by atoms with Crippen LogP contribution in [0.15, 0.2) is 18.2 Å². The summed E-state index contributed by atoms with van der Waals surface area (Å²) in [6.45, 7) is 5.73. The maximum Gasteiger partial charge on any atom is 0.146 e. The van der Waals surface area contributed by atoms with E-state index in [0.717, 1.165) is 25.9 Å². The molecule has 100 valence electrons. The Morgan fingerprint density at radius 2 is 2.28 bits per heavy atom. The van der Waals surface area contributed by atoms with E-state index in [4.69, 9.17) is 0 Å². The highest BCUT2D eigenvalue weighted by Gasteiger charge is 2.21. The standard InChI is InChI=1S/C15H22FNO/c1-3-12-5-4-8-17(10-12)15-7-6-13(11(2)18)9-14(15)16/h6-7,9,11-12,18H,3-5,8,10H2,1-2H3/t11-,12?/m1/s1. The first-order valence-electron chi connectivity index (χ1n) is 6.84. The van der Waals surface area contributed by atoms with Gasteiger partial charge in [0.05, 0.1) is 11.8 Å². The average Bonchev–Trinajstić information content (AvgIpc) is 2.38. The molecule has 1 unspecified atom stereocenters. The fraction of sp³-hybridized carbons (Fsp3) is 0.600. The topological polar surface area (TPSA) is 23.5 Å². The van der Waals surface area contributed by atoms with Crippen molar-refractivity contribution in [1.82, 2.24) is 0 Å². The molecular weight excluding hydrogens is 229 g/mol. The third kappa shape index (κ3) is 2.83. The van der Waals surface area contributed by atoms with E-state index in [0.29, 0.717) is 17.2 Å². The number of halogens is 1. The quantitative estimate of drug-likeness (QED) is 0.888. The predicted octanol–water partition coefficient (Wildman–Crippen LogP) is 3.51. The van der Waals surface area contributed by atoms with Crippen molar-refractivity contribution < 1.29 is 9.50 Å². The van der Waals surface area contributed by atoms with E-state index in [-0.39, 0.29) is 5.82 Å². The minimum atomic E-state index is -0.613. The number of rotatable bonds is 3. The summed E-state index contributed by atoms with van der Waals surface area (Å²) in [5.74, 6) is 0.458. The van der Waals surface area contributed by atoms with Gasteiger partial charge in [0, 0.05) is 13.1 Å². The van der Waals surface area contributed by atoms with Crippen molar-refractivity contribution in [3.8, 4) is 0 Å². The number of hydrogen-bond donors (Lipinski definition) is 1. The zero-order valence-corrected chi connectivity index (χ0v) is 11.2. The van der Waals surface area contributed by atoms with Crippen LogP contribution >= 0.6 is 0 Å². The van der Waals surface area contributed by atoms with Gasteiger partial charge in [-0.1, -0.05) is 19.4 Å². The van der Waals surface area contributed by atoms with Crippen molar-refractivity contribution in [3.63, 3.8) is 0 Å². The lowest BCUT2D eigenvalue weighted by Crippen LogP contribution is -2.35. The Kier molecular flexibility index (Phi) is 4.23. The highest BCUT2D eigenvalue weighted by atomic mass is 19.1. The van der Waals surface area contributed by atoms with E-state index in [2.05, 4.69) is 11.8 Å². The van der Waals surface area contributed by atoms with Gasteiger partial charge in [0.1, 0.15) is 5.82 Å². The lowest BCUT2D eigenvalue weighted by atomic mass is 9.95. The van der Waals surface area contributed by atoms with Crippen molar-refractivity contribution in [2.75, 3.05) is 18.0 Å². The van der Waals surface area contributed by atoms with Gasteiger partial charge in [-0.15, -0.1) is 0 Å². The SMILES string of the molecule is CCC1CCCN(c2ccc([C@@H](C)O)cc2F)C1. The molecule has 1 aliphatic rings. The third-order valence-electron chi connectivity index (χ3n) is 3.89. The van der Waals surface area contributed by atoms with Crippen LogP contribution in [0.4, 0.5) is 10.1 Å². The van der Waals surface area contributed by atoms with Gasteiger partial charge in [-0.3, -0.25) is 0 Å². The van der Waals surface area contributed by atoms with E-state index in [1.165, 1.54) is 12.5 Å². The van der Waals surface area contributed by atoms with Crippen LogP contribution in [0.3, 0.4) is 0 Å². The fourth-order valence-electron chi connectivity index (χ4n) is 2.66. The lowest BCUT2D eigenvalue weighted by molar-refractivity contribution is 0.199. The Morgan fingerprint density at radius 1 is 1.50 bits per heavy atom. The van der Waals surface area contributed by atoms with Crippen molar-refractivity contribution >= 4 is 5.69 Å². The molecule has 1 aliphatic heterocycles. The molecule has 1 aromatic carbocycles. The van der Waals surface area contributed by atoms with Crippen LogP contribution in [0.1, 0.15) is 44.8 Å². The highest BCUT2D eigenvalue weighted by molar-refractivity contribution is 5.49. The van der Waals surface area contributed by atoms with E-state index in [1.54, 1.807) is 13.0 Å². The van der Waals surface area contributed by atoms with Crippen molar-refractivity contribution in [1.29, 1.82) is 0 Å². The molecule has 1 saturated heterocycles. The van der Waals surface area contributed by atoms with Gasteiger partial charge < -0.3 is 10.0 Å². The van der Waals surface area contributed by atoms with Gasteiger partial charge in [-0.25, -0.2) is 4.39 Å². The number of anilines is 1. The van der Waals surface area contributed by atoms with Gasteiger partial charge in [-0.2, -0.15) is 0 Å². The smallest absolute Gasteiger partial charge is 0.146 e. The van der Waals surface area contributed by atoms with Crippen molar-refractivity contribution in [2.24, 2.45) is 5.92 Å². The molecule has 0 bridgehead atoms. The maximum atomic E-state index is 14.1. The molecular formula is C15H22FNO. The first kappa shape index (κ1) is 13.3. The van der Waals surface area contributed by atoms with Crippen LogP contribution in [0, 0.1) is 11.7 Å². The molecule has 2 atom stereocenters. The van der Waals surface area contributed by atoms with E-state index >= 15 is 0 Å². The summed E-state index contributed by atoms with van der Waals surface area (Å²) >= 11 is 0. The number of aliphatic hydroxyl groups excluding tert-OH is 1. The highest BCUT2D eigenvalue weighted by Crippen LogP contribution is 2.28. The molecule has 18 heavy (non-hydrogen) atoms. The summed E-state index contributed by atoms with van der Waals surface area (Å²) in [5.41, 5.74) is 1.32. The summed E-state index contributed by atoms with van der Waals surface area (Å²) in [5, 5.41) is 9.45. The molecule has 0 spiro atoms. The van der Waals surface area contributed by atoms with Gasteiger partial charge in [0.2, 0.25) is 0 Å². The molecule has 0 aliphatic carbocycles. The molecule has 1 N–H and O–H groups in total. The predicted molar refractivity (Wildman–Crippen MR) is 72.3 cm³/mol. The number of piperidine rings is 1. The van der Waals surface area contributed by atoms with Gasteiger partial charge in [0.15, 0.2) is 0 Å². The van der Waals surface area contributed by atoms with Crippen LogP contribution in [-0.4, -0.2) is 18.2 Å². The molecule has 1 heterocycles. The van der Waals surface area contributed by atoms with Gasteiger partial charge in [0.25, 0.3) is 0 Å². The largest absolute Gasteiger partial charge is 0.389 e. The molecule has 1 fully saturated rings. The van der Waals surface area contributed by atoms with Crippen LogP contribution < -0.4 is 4.90 Å². The summed E-state index contributed by atoms with van der Waals surface area (Å²) < 4.78 is 14.1. The number of aliphatic hydroxyl groups is 1. The second-order valence-corrected chi connectivity index (χ2v) is 5.25. The zero-order valence-electron chi connectivity index (χ0n) is 11.2. The van der Waals surface area contributed by atoms with Crippen molar-refractivity contribution in [2.45, 2.75) is 39.2 Å². The molecule has 2 rings (SSSR count). The Bertz CT molecular complexity index is 405. The molecule has 0 aromatic heterocycles. The number of nitrogens with zero attached hydrogens (tertiary/aromatic N) is 1. The molecule has 2 nitrogen and oxygen atoms in total. The Morgan fingerprint density at radius 3 is 2.89 bits per heavy atom. The molecule has 0 amide bonds. The average molecular weight is 251 g/mol. The van der Waals surface area contributed by atoms with E-state index < -0.39 is 6.10 Å². The normalized spacial score (nSPS) is 22.0. The summed E-state index contributed by atoms with van der Waals surface area (Å²) in [4.78, 5) is 2.14. The Hall–Kier alpha value is -1.09. The number of hydrogen-bond acceptors (Lipinski definition) is 2. The Labute approximate surface area is 108 Å². The first-order valence-corrected chi connectivity index (χ1v) is 6.84. The summed E-state index contributed by atoms with van der Waals surface area (Å²) in [6, 6.07) is 5.07. The maximum absolute atomic E-state index is 14.1.